The van der Waals surface area contributed by atoms with E-state index in [2.05, 4.69) is 11.2 Å². The van der Waals surface area contributed by atoms with Crippen LogP contribution in [0.5, 0.6) is 0 Å². The maximum absolute atomic E-state index is 9.08. The highest BCUT2D eigenvalue weighted by Gasteiger charge is 2.39. The van der Waals surface area contributed by atoms with Crippen molar-refractivity contribution in [1.82, 2.24) is 9.78 Å². The van der Waals surface area contributed by atoms with Crippen LogP contribution in [0.25, 0.3) is 0 Å². The van der Waals surface area contributed by atoms with E-state index in [-0.39, 0.29) is 5.92 Å². The van der Waals surface area contributed by atoms with Crippen molar-refractivity contribution in [3.05, 3.63) is 17.4 Å². The fourth-order valence-corrected chi connectivity index (χ4v) is 2.56. The highest BCUT2D eigenvalue weighted by atomic mass is 35.5. The van der Waals surface area contributed by atoms with Gasteiger partial charge in [-0.15, -0.1) is 0 Å². The predicted octanol–water partition coefficient (Wildman–Crippen LogP) is 1.95. The van der Waals surface area contributed by atoms with Gasteiger partial charge in [-0.05, 0) is 25.2 Å². The zero-order chi connectivity index (χ0) is 11.6. The van der Waals surface area contributed by atoms with E-state index < -0.39 is 5.54 Å². The second-order valence-electron chi connectivity index (χ2n) is 4.45. The lowest BCUT2D eigenvalue weighted by Gasteiger charge is -2.23. The molecule has 5 heteroatoms. The molecule has 1 aliphatic carbocycles. The molecule has 0 spiro atoms. The van der Waals surface area contributed by atoms with Crippen LogP contribution in [0.4, 0.5) is 0 Å². The van der Waals surface area contributed by atoms with Gasteiger partial charge < -0.3 is 5.73 Å². The van der Waals surface area contributed by atoms with Gasteiger partial charge in [0.05, 0.1) is 17.3 Å². The molecule has 2 atom stereocenters. The molecule has 0 amide bonds. The quantitative estimate of drug-likeness (QED) is 0.875. The Morgan fingerprint density at radius 2 is 2.56 bits per heavy atom. The van der Waals surface area contributed by atoms with Crippen molar-refractivity contribution in [2.75, 3.05) is 0 Å². The van der Waals surface area contributed by atoms with Crippen LogP contribution in [0.15, 0.2) is 12.4 Å². The molecular formula is C11H15ClN4. The number of hydrogen-bond donors (Lipinski definition) is 1. The van der Waals surface area contributed by atoms with Crippen LogP contribution in [0.3, 0.4) is 0 Å². The van der Waals surface area contributed by atoms with E-state index in [0.717, 1.165) is 32.2 Å². The second kappa shape index (κ2) is 4.44. The number of rotatable bonds is 3. The lowest BCUT2D eigenvalue weighted by atomic mass is 9.87. The standard InChI is InChI=1S/C11H15ClN4/c12-10-6-15-16(7-10)5-3-9-2-1-4-11(9,14)8-13/h6-7,9H,1-5,14H2. The van der Waals surface area contributed by atoms with E-state index in [1.165, 1.54) is 0 Å². The molecule has 0 saturated heterocycles. The minimum atomic E-state index is -0.628. The number of aryl methyl sites for hydroxylation is 1. The summed E-state index contributed by atoms with van der Waals surface area (Å²) in [6.07, 6.45) is 7.21. The topological polar surface area (TPSA) is 67.6 Å². The summed E-state index contributed by atoms with van der Waals surface area (Å²) in [6.45, 7) is 0.776. The smallest absolute Gasteiger partial charge is 0.107 e. The minimum absolute atomic E-state index is 0.278. The SMILES string of the molecule is N#CC1(N)CCCC1CCn1cc(Cl)cn1. The summed E-state index contributed by atoms with van der Waals surface area (Å²) in [5, 5.41) is 13.8. The lowest BCUT2D eigenvalue weighted by Crippen LogP contribution is -2.42. The third-order valence-corrected chi connectivity index (χ3v) is 3.58. The van der Waals surface area contributed by atoms with Crippen LogP contribution in [0.2, 0.25) is 5.02 Å². The Kier molecular flexibility index (Phi) is 3.17. The predicted molar refractivity (Wildman–Crippen MR) is 61.7 cm³/mol. The van der Waals surface area contributed by atoms with Gasteiger partial charge in [0.15, 0.2) is 0 Å². The first kappa shape index (κ1) is 11.4. The van der Waals surface area contributed by atoms with Crippen molar-refractivity contribution in [3.8, 4) is 6.07 Å². The summed E-state index contributed by atoms with van der Waals surface area (Å²) in [5.74, 6) is 0.278. The summed E-state index contributed by atoms with van der Waals surface area (Å²) in [7, 11) is 0. The average Bonchev–Trinajstić information content (AvgIpc) is 2.83. The highest BCUT2D eigenvalue weighted by molar-refractivity contribution is 6.30. The molecule has 86 valence electrons. The molecule has 0 aromatic carbocycles. The van der Waals surface area contributed by atoms with Gasteiger partial charge in [0.2, 0.25) is 0 Å². The Balaban J connectivity index is 1.93. The largest absolute Gasteiger partial charge is 0.313 e. The van der Waals surface area contributed by atoms with Crippen molar-refractivity contribution >= 4 is 11.6 Å². The summed E-state index contributed by atoms with van der Waals surface area (Å²) >= 11 is 5.78. The Morgan fingerprint density at radius 3 is 3.19 bits per heavy atom. The van der Waals surface area contributed by atoms with Gasteiger partial charge in [-0.25, -0.2) is 0 Å². The van der Waals surface area contributed by atoms with Crippen LogP contribution >= 0.6 is 11.6 Å². The molecule has 2 unspecified atom stereocenters. The molecule has 1 aromatic rings. The van der Waals surface area contributed by atoms with Gasteiger partial charge in [-0.2, -0.15) is 10.4 Å². The first-order valence-electron chi connectivity index (χ1n) is 5.52. The Labute approximate surface area is 100.0 Å². The Hall–Kier alpha value is -1.05. The van der Waals surface area contributed by atoms with E-state index in [0.29, 0.717) is 5.02 Å². The molecule has 1 aromatic heterocycles. The number of hydrogen-bond acceptors (Lipinski definition) is 3. The molecule has 0 aliphatic heterocycles. The zero-order valence-electron chi connectivity index (χ0n) is 9.06. The summed E-state index contributed by atoms with van der Waals surface area (Å²) < 4.78 is 1.80. The normalized spacial score (nSPS) is 29.2. The van der Waals surface area contributed by atoms with Crippen molar-refractivity contribution in [2.24, 2.45) is 11.7 Å². The third kappa shape index (κ3) is 2.21. The third-order valence-electron chi connectivity index (χ3n) is 3.39. The fraction of sp³-hybridized carbons (Fsp3) is 0.636. The Morgan fingerprint density at radius 1 is 1.75 bits per heavy atom. The van der Waals surface area contributed by atoms with Gasteiger partial charge in [0.1, 0.15) is 5.54 Å². The van der Waals surface area contributed by atoms with Gasteiger partial charge in [0.25, 0.3) is 0 Å². The van der Waals surface area contributed by atoms with E-state index in [1.54, 1.807) is 17.1 Å². The van der Waals surface area contributed by atoms with E-state index in [1.807, 2.05) is 0 Å². The zero-order valence-corrected chi connectivity index (χ0v) is 9.82. The van der Waals surface area contributed by atoms with Gasteiger partial charge >= 0.3 is 0 Å². The lowest BCUT2D eigenvalue weighted by molar-refractivity contribution is 0.346. The Bertz CT molecular complexity index is 408. The number of nitrogens with zero attached hydrogens (tertiary/aromatic N) is 3. The molecule has 1 aliphatic rings. The molecule has 0 radical (unpaired) electrons. The van der Waals surface area contributed by atoms with Crippen molar-refractivity contribution in [2.45, 2.75) is 37.8 Å². The first-order valence-corrected chi connectivity index (χ1v) is 5.90. The number of nitrogens with two attached hydrogens (primary N) is 1. The maximum atomic E-state index is 9.08. The van der Waals surface area contributed by atoms with Crippen LogP contribution < -0.4 is 5.73 Å². The monoisotopic (exact) mass is 238 g/mol. The van der Waals surface area contributed by atoms with Gasteiger partial charge in [-0.1, -0.05) is 18.0 Å². The van der Waals surface area contributed by atoms with Crippen LogP contribution in [-0.4, -0.2) is 15.3 Å². The molecule has 2 N–H and O–H groups in total. The molecule has 1 saturated carbocycles. The van der Waals surface area contributed by atoms with Crippen LogP contribution in [-0.2, 0) is 6.54 Å². The first-order chi connectivity index (χ1) is 7.64. The van der Waals surface area contributed by atoms with Crippen molar-refractivity contribution in [3.63, 3.8) is 0 Å². The fourth-order valence-electron chi connectivity index (χ4n) is 2.40. The number of nitriles is 1. The highest BCUT2D eigenvalue weighted by Crippen LogP contribution is 2.35. The number of halogens is 1. The summed E-state index contributed by atoms with van der Waals surface area (Å²) in [5.41, 5.74) is 5.43. The molecule has 1 heterocycles. The summed E-state index contributed by atoms with van der Waals surface area (Å²) in [4.78, 5) is 0. The van der Waals surface area contributed by atoms with Crippen molar-refractivity contribution < 1.29 is 0 Å². The maximum Gasteiger partial charge on any atom is 0.107 e. The van der Waals surface area contributed by atoms with Crippen LogP contribution in [0, 0.1) is 17.2 Å². The minimum Gasteiger partial charge on any atom is -0.313 e. The molecule has 2 rings (SSSR count). The molecular weight excluding hydrogens is 224 g/mol. The van der Waals surface area contributed by atoms with E-state index in [9.17, 15) is 0 Å². The van der Waals surface area contributed by atoms with E-state index >= 15 is 0 Å². The van der Waals surface area contributed by atoms with Gasteiger partial charge in [-0.3, -0.25) is 4.68 Å². The van der Waals surface area contributed by atoms with E-state index in [4.69, 9.17) is 22.6 Å². The average molecular weight is 239 g/mol. The second-order valence-corrected chi connectivity index (χ2v) is 4.89. The molecule has 0 bridgehead atoms. The number of aromatic nitrogens is 2. The molecule has 16 heavy (non-hydrogen) atoms. The van der Waals surface area contributed by atoms with Gasteiger partial charge in [0, 0.05) is 12.7 Å². The molecule has 1 fully saturated rings. The van der Waals surface area contributed by atoms with Crippen molar-refractivity contribution in [1.29, 1.82) is 5.26 Å². The molecule has 4 nitrogen and oxygen atoms in total. The van der Waals surface area contributed by atoms with Crippen LogP contribution in [0.1, 0.15) is 25.7 Å². The summed E-state index contributed by atoms with van der Waals surface area (Å²) in [6, 6.07) is 2.25.